The molecule has 0 fully saturated rings. The minimum atomic E-state index is -0.0845. The predicted octanol–water partition coefficient (Wildman–Crippen LogP) is 4.38. The van der Waals surface area contributed by atoms with Crippen LogP contribution >= 0.6 is 11.6 Å². The second-order valence-corrected chi connectivity index (χ2v) is 9.30. The fraction of sp³-hybridized carbons (Fsp3) is 0.286. The van der Waals surface area contributed by atoms with Crippen molar-refractivity contribution >= 4 is 46.0 Å². The predicted molar refractivity (Wildman–Crippen MR) is 152 cm³/mol. The van der Waals surface area contributed by atoms with E-state index in [1.807, 2.05) is 30.5 Å². The summed E-state index contributed by atoms with van der Waals surface area (Å²) in [4.78, 5) is 35.9. The van der Waals surface area contributed by atoms with E-state index in [0.717, 1.165) is 23.9 Å². The van der Waals surface area contributed by atoms with Crippen molar-refractivity contribution in [1.29, 1.82) is 0 Å². The summed E-state index contributed by atoms with van der Waals surface area (Å²) >= 11 is 6.03. The summed E-state index contributed by atoms with van der Waals surface area (Å²) in [5.41, 5.74) is 3.18. The molecule has 0 saturated heterocycles. The topological polar surface area (TPSA) is 124 Å². The number of benzene rings is 2. The summed E-state index contributed by atoms with van der Waals surface area (Å²) < 4.78 is 0. The first-order chi connectivity index (χ1) is 18.5. The van der Waals surface area contributed by atoms with Gasteiger partial charge in [0, 0.05) is 73.3 Å². The van der Waals surface area contributed by atoms with Crippen LogP contribution in [-0.4, -0.2) is 52.9 Å². The second kappa shape index (κ2) is 13.4. The highest BCUT2D eigenvalue weighted by atomic mass is 35.5. The van der Waals surface area contributed by atoms with Gasteiger partial charge in [-0.1, -0.05) is 29.8 Å². The molecule has 2 heterocycles. The molecule has 0 radical (unpaired) electrons. The molecule has 0 aliphatic heterocycles. The number of aromatic nitrogens is 3. The number of aromatic amines is 1. The molecule has 2 aromatic carbocycles. The standard InChI is InChI=1S/C28H32ClN7O2/c1-19(37)30-13-14-31-25-17-26(36-28(35-25)20-9-11-22(29)12-10-20)32-15-16-33-27(38)8-4-5-21-18-34-24-7-3-2-6-23(21)24/h2-3,6-7,9-12,17-18,34H,4-5,8,13-16H2,1H3,(H,30,37)(H,33,38)(H2,31,32,35,36). The van der Waals surface area contributed by atoms with Gasteiger partial charge in [-0.2, -0.15) is 0 Å². The Balaban J connectivity index is 1.26. The minimum absolute atomic E-state index is 0.0245. The first-order valence-corrected chi connectivity index (χ1v) is 13.0. The number of hydrogen-bond donors (Lipinski definition) is 5. The molecule has 0 saturated carbocycles. The number of amides is 2. The van der Waals surface area contributed by atoms with Gasteiger partial charge in [-0.05, 0) is 48.7 Å². The van der Waals surface area contributed by atoms with Gasteiger partial charge in [0.1, 0.15) is 11.6 Å². The van der Waals surface area contributed by atoms with Crippen molar-refractivity contribution < 1.29 is 9.59 Å². The maximum absolute atomic E-state index is 12.3. The van der Waals surface area contributed by atoms with Gasteiger partial charge >= 0.3 is 0 Å². The number of halogens is 1. The van der Waals surface area contributed by atoms with Crippen LogP contribution in [0.4, 0.5) is 11.6 Å². The lowest BCUT2D eigenvalue weighted by Gasteiger charge is -2.12. The number of nitrogens with one attached hydrogen (secondary N) is 5. The molecule has 0 aliphatic rings. The van der Waals surface area contributed by atoms with Crippen molar-refractivity contribution in [3.05, 3.63) is 71.4 Å². The third-order valence-electron chi connectivity index (χ3n) is 5.91. The van der Waals surface area contributed by atoms with Gasteiger partial charge in [0.05, 0.1) is 0 Å². The largest absolute Gasteiger partial charge is 0.368 e. The van der Waals surface area contributed by atoms with E-state index >= 15 is 0 Å². The molecule has 2 amide bonds. The number of H-pyrrole nitrogens is 1. The Morgan fingerprint density at radius 2 is 1.58 bits per heavy atom. The molecule has 10 heteroatoms. The Bertz CT molecular complexity index is 1370. The van der Waals surface area contributed by atoms with Gasteiger partial charge in [0.15, 0.2) is 5.82 Å². The summed E-state index contributed by atoms with van der Waals surface area (Å²) in [6.45, 7) is 3.46. The average Bonchev–Trinajstić information content (AvgIpc) is 3.32. The van der Waals surface area contributed by atoms with Crippen molar-refractivity contribution in [3.63, 3.8) is 0 Å². The molecule has 38 heavy (non-hydrogen) atoms. The lowest BCUT2D eigenvalue weighted by molar-refractivity contribution is -0.121. The molecule has 4 rings (SSSR count). The average molecular weight is 534 g/mol. The number of hydrogen-bond acceptors (Lipinski definition) is 6. The smallest absolute Gasteiger partial charge is 0.220 e. The summed E-state index contributed by atoms with van der Waals surface area (Å²) in [7, 11) is 0. The Hall–Kier alpha value is -4.11. The molecule has 0 aliphatic carbocycles. The van der Waals surface area contributed by atoms with E-state index in [1.165, 1.54) is 17.9 Å². The lowest BCUT2D eigenvalue weighted by atomic mass is 10.1. The van der Waals surface area contributed by atoms with Crippen LogP contribution in [0.1, 0.15) is 25.3 Å². The molecule has 2 aromatic heterocycles. The highest BCUT2D eigenvalue weighted by Gasteiger charge is 2.09. The van der Waals surface area contributed by atoms with Crippen molar-refractivity contribution in [3.8, 4) is 11.4 Å². The number of nitrogens with zero attached hydrogens (tertiary/aromatic N) is 2. The third kappa shape index (κ3) is 7.94. The first kappa shape index (κ1) is 26.9. The van der Waals surface area contributed by atoms with E-state index in [1.54, 1.807) is 18.2 Å². The van der Waals surface area contributed by atoms with Gasteiger partial charge in [-0.25, -0.2) is 9.97 Å². The van der Waals surface area contributed by atoms with Crippen LogP contribution in [0, 0.1) is 0 Å². The Morgan fingerprint density at radius 3 is 2.29 bits per heavy atom. The van der Waals surface area contributed by atoms with Gasteiger partial charge in [0.25, 0.3) is 0 Å². The quantitative estimate of drug-likeness (QED) is 0.162. The lowest BCUT2D eigenvalue weighted by Crippen LogP contribution is -2.29. The Kier molecular flexibility index (Phi) is 9.53. The van der Waals surface area contributed by atoms with E-state index in [0.29, 0.717) is 55.1 Å². The number of rotatable bonds is 13. The second-order valence-electron chi connectivity index (χ2n) is 8.87. The van der Waals surface area contributed by atoms with Crippen LogP contribution in [0.15, 0.2) is 60.8 Å². The highest BCUT2D eigenvalue weighted by Crippen LogP contribution is 2.22. The summed E-state index contributed by atoms with van der Waals surface area (Å²) in [6.07, 6.45) is 4.12. The number of carbonyl (C=O) groups is 2. The molecule has 5 N–H and O–H groups in total. The Morgan fingerprint density at radius 1 is 0.895 bits per heavy atom. The van der Waals surface area contributed by atoms with Gasteiger partial charge < -0.3 is 26.3 Å². The van der Waals surface area contributed by atoms with E-state index in [2.05, 4.69) is 48.4 Å². The molecule has 0 unspecified atom stereocenters. The Labute approximate surface area is 226 Å². The maximum Gasteiger partial charge on any atom is 0.220 e. The van der Waals surface area contributed by atoms with Gasteiger partial charge in [-0.15, -0.1) is 0 Å². The zero-order valence-corrected chi connectivity index (χ0v) is 22.1. The van der Waals surface area contributed by atoms with Crippen molar-refractivity contribution in [1.82, 2.24) is 25.6 Å². The van der Waals surface area contributed by atoms with Crippen LogP contribution < -0.4 is 21.3 Å². The zero-order valence-electron chi connectivity index (χ0n) is 21.3. The monoisotopic (exact) mass is 533 g/mol. The fourth-order valence-corrected chi connectivity index (χ4v) is 4.17. The number of fused-ring (bicyclic) bond motifs is 1. The number of carbonyl (C=O) groups excluding carboxylic acids is 2. The number of anilines is 2. The van der Waals surface area contributed by atoms with Crippen molar-refractivity contribution in [2.45, 2.75) is 26.2 Å². The molecule has 0 atom stereocenters. The van der Waals surface area contributed by atoms with Crippen LogP contribution in [-0.2, 0) is 16.0 Å². The molecule has 9 nitrogen and oxygen atoms in total. The van der Waals surface area contributed by atoms with E-state index in [9.17, 15) is 9.59 Å². The molecular weight excluding hydrogens is 502 g/mol. The molecule has 198 valence electrons. The molecule has 4 aromatic rings. The van der Waals surface area contributed by atoms with Gasteiger partial charge in [0.2, 0.25) is 11.8 Å². The highest BCUT2D eigenvalue weighted by molar-refractivity contribution is 6.30. The molecule has 0 spiro atoms. The third-order valence-corrected chi connectivity index (χ3v) is 6.16. The first-order valence-electron chi connectivity index (χ1n) is 12.7. The molecular formula is C28H32ClN7O2. The van der Waals surface area contributed by atoms with Crippen LogP contribution in [0.5, 0.6) is 0 Å². The minimum Gasteiger partial charge on any atom is -0.368 e. The zero-order chi connectivity index (χ0) is 26.7. The summed E-state index contributed by atoms with van der Waals surface area (Å²) in [5, 5.41) is 14.0. The SMILES string of the molecule is CC(=O)NCCNc1cc(NCCNC(=O)CCCc2c[nH]c3ccccc23)nc(-c2ccc(Cl)cc2)n1. The van der Waals surface area contributed by atoms with Crippen LogP contribution in [0.2, 0.25) is 5.02 Å². The van der Waals surface area contributed by atoms with Crippen molar-refractivity contribution in [2.24, 2.45) is 0 Å². The fourth-order valence-electron chi connectivity index (χ4n) is 4.04. The van der Waals surface area contributed by atoms with Crippen LogP contribution in [0.3, 0.4) is 0 Å². The normalized spacial score (nSPS) is 10.8. The van der Waals surface area contributed by atoms with Crippen molar-refractivity contribution in [2.75, 3.05) is 36.8 Å². The summed E-state index contributed by atoms with van der Waals surface area (Å²) in [6, 6.07) is 17.3. The number of para-hydroxylation sites is 1. The maximum atomic E-state index is 12.3. The van der Waals surface area contributed by atoms with E-state index in [-0.39, 0.29) is 11.8 Å². The number of aryl methyl sites for hydroxylation is 1. The van der Waals surface area contributed by atoms with E-state index < -0.39 is 0 Å². The summed E-state index contributed by atoms with van der Waals surface area (Å²) in [5.74, 6) is 1.73. The van der Waals surface area contributed by atoms with Gasteiger partial charge in [-0.3, -0.25) is 9.59 Å². The van der Waals surface area contributed by atoms with Crippen LogP contribution in [0.25, 0.3) is 22.3 Å². The van der Waals surface area contributed by atoms with E-state index in [4.69, 9.17) is 11.6 Å². The molecule has 0 bridgehead atoms.